The van der Waals surface area contributed by atoms with Crippen LogP contribution in [0.2, 0.25) is 0 Å². The number of nitrogens with zero attached hydrogens (tertiary/aromatic N) is 3. The molecule has 0 aromatic heterocycles. The van der Waals surface area contributed by atoms with Gasteiger partial charge in [0.25, 0.3) is 0 Å². The lowest BCUT2D eigenvalue weighted by molar-refractivity contribution is 0.146. The minimum atomic E-state index is 0.651. The Morgan fingerprint density at radius 3 is 2.41 bits per heavy atom. The zero-order chi connectivity index (χ0) is 12.7. The molecule has 1 heterocycles. The molecule has 0 aliphatic carbocycles. The van der Waals surface area contributed by atoms with Gasteiger partial charge in [-0.15, -0.1) is 0 Å². The summed E-state index contributed by atoms with van der Waals surface area (Å²) in [6.07, 6.45) is 0. The number of hydrogen-bond donors (Lipinski definition) is 1. The van der Waals surface area contributed by atoms with Crippen LogP contribution in [0, 0.1) is 0 Å². The maximum atomic E-state index is 3.40. The van der Waals surface area contributed by atoms with E-state index in [9.17, 15) is 0 Å². The molecule has 4 heteroatoms. The summed E-state index contributed by atoms with van der Waals surface area (Å²) in [5.41, 5.74) is 0. The average molecular weight is 242 g/mol. The van der Waals surface area contributed by atoms with Gasteiger partial charge in [-0.25, -0.2) is 0 Å². The molecular formula is C13H30N4. The molecule has 17 heavy (non-hydrogen) atoms. The van der Waals surface area contributed by atoms with Crippen LogP contribution in [0.3, 0.4) is 0 Å². The van der Waals surface area contributed by atoms with E-state index in [-0.39, 0.29) is 0 Å². The predicted molar refractivity (Wildman–Crippen MR) is 74.6 cm³/mol. The van der Waals surface area contributed by atoms with Crippen molar-refractivity contribution in [2.24, 2.45) is 0 Å². The van der Waals surface area contributed by atoms with E-state index in [1.54, 1.807) is 0 Å². The number of nitrogens with one attached hydrogen (secondary N) is 1. The van der Waals surface area contributed by atoms with Crippen molar-refractivity contribution in [1.82, 2.24) is 20.0 Å². The van der Waals surface area contributed by atoms with Crippen molar-refractivity contribution in [3.05, 3.63) is 0 Å². The number of hydrogen-bond acceptors (Lipinski definition) is 4. The second-order valence-corrected chi connectivity index (χ2v) is 5.33. The normalized spacial score (nSPS) is 20.1. The van der Waals surface area contributed by atoms with E-state index < -0.39 is 0 Å². The SMILES string of the molecule is CCN(CCN1CCNCC1)C(C)CN(C)C. The highest BCUT2D eigenvalue weighted by molar-refractivity contribution is 4.73. The second-order valence-electron chi connectivity index (χ2n) is 5.33. The lowest BCUT2D eigenvalue weighted by Gasteiger charge is -2.33. The third-order valence-electron chi connectivity index (χ3n) is 3.57. The van der Waals surface area contributed by atoms with Crippen LogP contribution < -0.4 is 5.32 Å². The van der Waals surface area contributed by atoms with Crippen LogP contribution in [-0.2, 0) is 0 Å². The summed E-state index contributed by atoms with van der Waals surface area (Å²) >= 11 is 0. The summed E-state index contributed by atoms with van der Waals surface area (Å²) in [4.78, 5) is 7.43. The third-order valence-corrected chi connectivity index (χ3v) is 3.57. The monoisotopic (exact) mass is 242 g/mol. The fourth-order valence-corrected chi connectivity index (χ4v) is 2.54. The molecule has 4 nitrogen and oxygen atoms in total. The largest absolute Gasteiger partial charge is 0.314 e. The van der Waals surface area contributed by atoms with Gasteiger partial charge in [0.15, 0.2) is 0 Å². The molecule has 1 saturated heterocycles. The second kappa shape index (κ2) is 8.03. The average Bonchev–Trinajstić information content (AvgIpc) is 2.30. The Hall–Kier alpha value is -0.160. The van der Waals surface area contributed by atoms with Crippen LogP contribution >= 0.6 is 0 Å². The molecule has 1 atom stereocenters. The van der Waals surface area contributed by atoms with E-state index in [1.807, 2.05) is 0 Å². The lowest BCUT2D eigenvalue weighted by Crippen LogP contribution is -2.48. The summed E-state index contributed by atoms with van der Waals surface area (Å²) in [5.74, 6) is 0. The topological polar surface area (TPSA) is 21.8 Å². The van der Waals surface area contributed by atoms with Gasteiger partial charge in [-0.1, -0.05) is 6.92 Å². The number of rotatable bonds is 7. The van der Waals surface area contributed by atoms with Gasteiger partial charge in [0.2, 0.25) is 0 Å². The van der Waals surface area contributed by atoms with Crippen molar-refractivity contribution < 1.29 is 0 Å². The van der Waals surface area contributed by atoms with Gasteiger partial charge >= 0.3 is 0 Å². The maximum absolute atomic E-state index is 3.40. The van der Waals surface area contributed by atoms with Crippen molar-refractivity contribution in [3.63, 3.8) is 0 Å². The fraction of sp³-hybridized carbons (Fsp3) is 1.00. The number of piperazine rings is 1. The van der Waals surface area contributed by atoms with Gasteiger partial charge in [0.05, 0.1) is 0 Å². The molecule has 0 aromatic carbocycles. The summed E-state index contributed by atoms with van der Waals surface area (Å²) in [7, 11) is 4.31. The van der Waals surface area contributed by atoms with E-state index in [1.165, 1.54) is 26.2 Å². The Labute approximate surface area is 107 Å². The molecule has 0 aromatic rings. The Morgan fingerprint density at radius 2 is 1.88 bits per heavy atom. The van der Waals surface area contributed by atoms with Gasteiger partial charge < -0.3 is 10.2 Å². The minimum Gasteiger partial charge on any atom is -0.314 e. The molecule has 102 valence electrons. The number of likely N-dealkylation sites (N-methyl/N-ethyl adjacent to an activating group) is 2. The van der Waals surface area contributed by atoms with Crippen LogP contribution in [-0.4, -0.2) is 87.2 Å². The van der Waals surface area contributed by atoms with Gasteiger partial charge in [0, 0.05) is 51.9 Å². The molecule has 1 rings (SSSR count). The molecule has 1 aliphatic rings. The van der Waals surface area contributed by atoms with Crippen molar-refractivity contribution >= 4 is 0 Å². The fourth-order valence-electron chi connectivity index (χ4n) is 2.54. The third kappa shape index (κ3) is 5.82. The summed E-state index contributed by atoms with van der Waals surface area (Å²) in [5, 5.41) is 3.40. The highest BCUT2D eigenvalue weighted by Gasteiger charge is 2.15. The van der Waals surface area contributed by atoms with Crippen LogP contribution in [0.5, 0.6) is 0 Å². The Kier molecular flexibility index (Phi) is 7.04. The van der Waals surface area contributed by atoms with Crippen molar-refractivity contribution in [1.29, 1.82) is 0 Å². The van der Waals surface area contributed by atoms with Crippen molar-refractivity contribution in [2.75, 3.05) is 66.5 Å². The summed E-state index contributed by atoms with van der Waals surface area (Å²) in [6, 6.07) is 0.651. The molecule has 1 N–H and O–H groups in total. The molecule has 1 aliphatic heterocycles. The molecule has 0 bridgehead atoms. The summed E-state index contributed by atoms with van der Waals surface area (Å²) < 4.78 is 0. The van der Waals surface area contributed by atoms with E-state index >= 15 is 0 Å². The zero-order valence-electron chi connectivity index (χ0n) is 12.1. The van der Waals surface area contributed by atoms with Gasteiger partial charge in [-0.3, -0.25) is 9.80 Å². The first-order valence-corrected chi connectivity index (χ1v) is 6.95. The first kappa shape index (κ1) is 14.9. The Morgan fingerprint density at radius 1 is 1.24 bits per heavy atom. The first-order valence-electron chi connectivity index (χ1n) is 6.95. The summed E-state index contributed by atoms with van der Waals surface area (Å²) in [6.45, 7) is 14.0. The highest BCUT2D eigenvalue weighted by atomic mass is 15.2. The van der Waals surface area contributed by atoms with Crippen LogP contribution in [0.4, 0.5) is 0 Å². The maximum Gasteiger partial charge on any atom is 0.0195 e. The van der Waals surface area contributed by atoms with E-state index in [4.69, 9.17) is 0 Å². The van der Waals surface area contributed by atoms with Gasteiger partial charge in [-0.05, 0) is 27.6 Å². The molecule has 0 amide bonds. The van der Waals surface area contributed by atoms with Crippen LogP contribution in [0.15, 0.2) is 0 Å². The minimum absolute atomic E-state index is 0.651. The van der Waals surface area contributed by atoms with Crippen LogP contribution in [0.25, 0.3) is 0 Å². The van der Waals surface area contributed by atoms with Crippen LogP contribution in [0.1, 0.15) is 13.8 Å². The first-order chi connectivity index (χ1) is 8.13. The standard InChI is InChI=1S/C13H30N4/c1-5-17(13(2)12-15(3)4)11-10-16-8-6-14-7-9-16/h13-14H,5-12H2,1-4H3. The smallest absolute Gasteiger partial charge is 0.0195 e. The van der Waals surface area contributed by atoms with E-state index in [2.05, 4.69) is 48.0 Å². The van der Waals surface area contributed by atoms with Gasteiger partial charge in [0.1, 0.15) is 0 Å². The van der Waals surface area contributed by atoms with Gasteiger partial charge in [-0.2, -0.15) is 0 Å². The Bertz CT molecular complexity index is 190. The molecule has 1 unspecified atom stereocenters. The molecule has 0 radical (unpaired) electrons. The van der Waals surface area contributed by atoms with E-state index in [0.29, 0.717) is 6.04 Å². The molecule has 0 saturated carbocycles. The molecule has 1 fully saturated rings. The quantitative estimate of drug-likeness (QED) is 0.687. The van der Waals surface area contributed by atoms with E-state index in [0.717, 1.165) is 26.2 Å². The predicted octanol–water partition coefficient (Wildman–Crippen LogP) is 0.164. The molecule has 0 spiro atoms. The van der Waals surface area contributed by atoms with Crippen molar-refractivity contribution in [2.45, 2.75) is 19.9 Å². The molecular weight excluding hydrogens is 212 g/mol. The van der Waals surface area contributed by atoms with Crippen molar-refractivity contribution in [3.8, 4) is 0 Å². The Balaban J connectivity index is 2.25. The lowest BCUT2D eigenvalue weighted by atomic mass is 10.2. The zero-order valence-corrected chi connectivity index (χ0v) is 12.1. The highest BCUT2D eigenvalue weighted by Crippen LogP contribution is 2.01.